The highest BCUT2D eigenvalue weighted by Crippen LogP contribution is 2.39. The van der Waals surface area contributed by atoms with Crippen LogP contribution in [0.15, 0.2) is 36.4 Å². The van der Waals surface area contributed by atoms with Crippen molar-refractivity contribution in [3.05, 3.63) is 58.1 Å². The molecule has 0 bridgehead atoms. The number of hydrogen-bond acceptors (Lipinski definition) is 7. The fourth-order valence-corrected chi connectivity index (χ4v) is 3.07. The number of carbonyl (C=O) groups excluding carboxylic acids is 2. The number of ketones is 1. The van der Waals surface area contributed by atoms with Crippen molar-refractivity contribution in [3.63, 3.8) is 0 Å². The van der Waals surface area contributed by atoms with Gasteiger partial charge in [0.1, 0.15) is 22.8 Å². The van der Waals surface area contributed by atoms with Crippen LogP contribution in [0.3, 0.4) is 0 Å². The number of benzene rings is 2. The van der Waals surface area contributed by atoms with Gasteiger partial charge in [-0.1, -0.05) is 29.8 Å². The standard InChI is InChI=1S/C22H24ClNO6/c1-24(13-20(26)30-4)12-15-18(28-2)11-19(29-3)21(22(15)27)17(25)10-9-14-7-5-6-8-16(14)23/h5-11,27H,12-13H2,1-4H3/b10-9+. The molecule has 0 aliphatic carbocycles. The number of phenolic OH excluding ortho intramolecular Hbond substituents is 1. The Labute approximate surface area is 180 Å². The van der Waals surface area contributed by atoms with E-state index in [1.807, 2.05) is 0 Å². The minimum absolute atomic E-state index is 0.000806. The zero-order valence-electron chi connectivity index (χ0n) is 17.3. The summed E-state index contributed by atoms with van der Waals surface area (Å²) in [5.41, 5.74) is 1.000. The van der Waals surface area contributed by atoms with Crippen LogP contribution in [0.4, 0.5) is 0 Å². The molecule has 2 aromatic rings. The average molecular weight is 434 g/mol. The number of nitrogens with zero attached hydrogens (tertiary/aromatic N) is 1. The normalized spacial score (nSPS) is 11.0. The third-order valence-corrected chi connectivity index (χ3v) is 4.73. The average Bonchev–Trinajstić information content (AvgIpc) is 2.73. The lowest BCUT2D eigenvalue weighted by molar-refractivity contribution is -0.141. The van der Waals surface area contributed by atoms with Crippen molar-refractivity contribution >= 4 is 29.4 Å². The van der Waals surface area contributed by atoms with Gasteiger partial charge in [-0.25, -0.2) is 0 Å². The summed E-state index contributed by atoms with van der Waals surface area (Å²) in [5.74, 6) is -0.686. The first-order chi connectivity index (χ1) is 14.3. The van der Waals surface area contributed by atoms with Crippen LogP contribution in [0, 0.1) is 0 Å². The van der Waals surface area contributed by atoms with E-state index < -0.39 is 11.8 Å². The van der Waals surface area contributed by atoms with E-state index in [1.54, 1.807) is 42.3 Å². The fraction of sp³-hybridized carbons (Fsp3) is 0.273. The van der Waals surface area contributed by atoms with E-state index in [1.165, 1.54) is 33.5 Å². The van der Waals surface area contributed by atoms with Crippen LogP contribution in [0.2, 0.25) is 5.02 Å². The maximum absolute atomic E-state index is 12.9. The van der Waals surface area contributed by atoms with Crippen molar-refractivity contribution in [3.8, 4) is 17.2 Å². The van der Waals surface area contributed by atoms with Crippen LogP contribution in [-0.2, 0) is 16.1 Å². The first kappa shape index (κ1) is 23.3. The molecule has 0 spiro atoms. The number of halogens is 1. The second kappa shape index (κ2) is 10.7. The highest BCUT2D eigenvalue weighted by atomic mass is 35.5. The third kappa shape index (κ3) is 5.52. The Morgan fingerprint density at radius 1 is 1.13 bits per heavy atom. The van der Waals surface area contributed by atoms with Gasteiger partial charge in [-0.2, -0.15) is 0 Å². The number of aromatic hydroxyl groups is 1. The molecule has 0 fully saturated rings. The lowest BCUT2D eigenvalue weighted by atomic mass is 10.0. The number of ether oxygens (including phenoxy) is 3. The lowest BCUT2D eigenvalue weighted by Gasteiger charge is -2.20. The van der Waals surface area contributed by atoms with Gasteiger partial charge in [-0.15, -0.1) is 0 Å². The van der Waals surface area contributed by atoms with Crippen molar-refractivity contribution in [1.29, 1.82) is 0 Å². The molecule has 0 saturated carbocycles. The van der Waals surface area contributed by atoms with E-state index in [0.29, 0.717) is 21.9 Å². The summed E-state index contributed by atoms with van der Waals surface area (Å²) >= 11 is 6.12. The zero-order valence-corrected chi connectivity index (χ0v) is 18.0. The summed E-state index contributed by atoms with van der Waals surface area (Å²) < 4.78 is 15.3. The van der Waals surface area contributed by atoms with E-state index in [0.717, 1.165) is 0 Å². The molecule has 30 heavy (non-hydrogen) atoms. The molecule has 2 aromatic carbocycles. The maximum Gasteiger partial charge on any atom is 0.319 e. The van der Waals surface area contributed by atoms with Gasteiger partial charge in [-0.3, -0.25) is 14.5 Å². The molecule has 0 unspecified atom stereocenters. The van der Waals surface area contributed by atoms with Gasteiger partial charge >= 0.3 is 5.97 Å². The maximum atomic E-state index is 12.9. The minimum atomic E-state index is -0.469. The topological polar surface area (TPSA) is 85.3 Å². The number of methoxy groups -OCH3 is 3. The van der Waals surface area contributed by atoms with Gasteiger partial charge in [0, 0.05) is 17.6 Å². The number of esters is 1. The Morgan fingerprint density at radius 2 is 1.80 bits per heavy atom. The summed E-state index contributed by atoms with van der Waals surface area (Å²) in [7, 11) is 5.81. The van der Waals surface area contributed by atoms with E-state index in [9.17, 15) is 14.7 Å². The van der Waals surface area contributed by atoms with Crippen LogP contribution < -0.4 is 9.47 Å². The Morgan fingerprint density at radius 3 is 2.40 bits per heavy atom. The SMILES string of the molecule is COC(=O)CN(C)Cc1c(OC)cc(OC)c(C(=O)/C=C/c2ccccc2Cl)c1O. The summed E-state index contributed by atoms with van der Waals surface area (Å²) in [6.45, 7) is 0.142. The first-order valence-electron chi connectivity index (χ1n) is 9.01. The van der Waals surface area contributed by atoms with E-state index in [-0.39, 0.29) is 30.2 Å². The van der Waals surface area contributed by atoms with Crippen molar-refractivity contribution in [2.75, 3.05) is 34.9 Å². The largest absolute Gasteiger partial charge is 0.507 e. The van der Waals surface area contributed by atoms with Gasteiger partial charge in [0.15, 0.2) is 5.78 Å². The number of allylic oxidation sites excluding steroid dienone is 1. The molecule has 0 aliphatic heterocycles. The fourth-order valence-electron chi connectivity index (χ4n) is 2.87. The first-order valence-corrected chi connectivity index (χ1v) is 9.39. The van der Waals surface area contributed by atoms with Gasteiger partial charge in [0.05, 0.1) is 33.4 Å². The Hall–Kier alpha value is -3.03. The summed E-state index contributed by atoms with van der Waals surface area (Å²) in [6.07, 6.45) is 2.88. The zero-order chi connectivity index (χ0) is 22.3. The smallest absolute Gasteiger partial charge is 0.319 e. The Bertz CT molecular complexity index is 957. The molecule has 160 valence electrons. The highest BCUT2D eigenvalue weighted by Gasteiger charge is 2.24. The van der Waals surface area contributed by atoms with Gasteiger partial charge in [-0.05, 0) is 30.8 Å². The van der Waals surface area contributed by atoms with Gasteiger partial charge in [0.25, 0.3) is 0 Å². The molecule has 0 atom stereocenters. The number of likely N-dealkylation sites (N-methyl/N-ethyl adjacent to an activating group) is 1. The number of phenols is 1. The minimum Gasteiger partial charge on any atom is -0.507 e. The lowest BCUT2D eigenvalue weighted by Crippen LogP contribution is -2.26. The molecule has 2 rings (SSSR count). The molecular formula is C22H24ClNO6. The summed E-state index contributed by atoms with van der Waals surface area (Å²) in [6, 6.07) is 8.60. The molecular weight excluding hydrogens is 410 g/mol. The molecule has 0 radical (unpaired) electrons. The highest BCUT2D eigenvalue weighted by molar-refractivity contribution is 6.32. The van der Waals surface area contributed by atoms with Crippen molar-refractivity contribution < 1.29 is 28.9 Å². The van der Waals surface area contributed by atoms with Crippen molar-refractivity contribution in [2.45, 2.75) is 6.54 Å². The van der Waals surface area contributed by atoms with Crippen LogP contribution in [0.1, 0.15) is 21.5 Å². The Kier molecular flexibility index (Phi) is 8.26. The van der Waals surface area contributed by atoms with E-state index in [4.69, 9.17) is 21.1 Å². The molecule has 0 aromatic heterocycles. The molecule has 7 nitrogen and oxygen atoms in total. The predicted octanol–water partition coefficient (Wildman–Crippen LogP) is 3.56. The van der Waals surface area contributed by atoms with Crippen LogP contribution in [0.5, 0.6) is 17.2 Å². The number of rotatable bonds is 9. The van der Waals surface area contributed by atoms with Crippen molar-refractivity contribution in [2.24, 2.45) is 0 Å². The van der Waals surface area contributed by atoms with E-state index in [2.05, 4.69) is 4.74 Å². The third-order valence-electron chi connectivity index (χ3n) is 4.39. The Balaban J connectivity index is 2.44. The van der Waals surface area contributed by atoms with Crippen molar-refractivity contribution in [1.82, 2.24) is 4.90 Å². The monoisotopic (exact) mass is 433 g/mol. The molecule has 0 aliphatic rings. The molecule has 1 N–H and O–H groups in total. The van der Waals surface area contributed by atoms with E-state index >= 15 is 0 Å². The van der Waals surface area contributed by atoms with Crippen LogP contribution >= 0.6 is 11.6 Å². The molecule has 0 saturated heterocycles. The molecule has 0 heterocycles. The summed E-state index contributed by atoms with van der Waals surface area (Å²) in [5, 5.41) is 11.4. The second-order valence-corrected chi connectivity index (χ2v) is 6.86. The van der Waals surface area contributed by atoms with Crippen LogP contribution in [0.25, 0.3) is 6.08 Å². The molecule has 0 amide bonds. The predicted molar refractivity (Wildman–Crippen MR) is 114 cm³/mol. The number of hydrogen-bond donors (Lipinski definition) is 1. The van der Waals surface area contributed by atoms with Gasteiger partial charge in [0.2, 0.25) is 0 Å². The van der Waals surface area contributed by atoms with Crippen LogP contribution in [-0.4, -0.2) is 56.7 Å². The number of carbonyl (C=O) groups is 2. The second-order valence-electron chi connectivity index (χ2n) is 6.45. The molecule has 8 heteroatoms. The quantitative estimate of drug-likeness (QED) is 0.367. The summed E-state index contributed by atoms with van der Waals surface area (Å²) in [4.78, 5) is 26.0. The van der Waals surface area contributed by atoms with Gasteiger partial charge < -0.3 is 19.3 Å².